The van der Waals surface area contributed by atoms with Gasteiger partial charge in [0.2, 0.25) is 10.0 Å². The van der Waals surface area contributed by atoms with E-state index in [0.29, 0.717) is 6.07 Å². The van der Waals surface area contributed by atoms with E-state index in [2.05, 4.69) is 4.74 Å². The van der Waals surface area contributed by atoms with Crippen LogP contribution in [0, 0.1) is 0 Å². The molecule has 0 aliphatic carbocycles. The molecule has 0 radical (unpaired) electrons. The summed E-state index contributed by atoms with van der Waals surface area (Å²) in [6.07, 6.45) is -5.01. The number of ether oxygens (including phenoxy) is 1. The van der Waals surface area contributed by atoms with Crippen molar-refractivity contribution in [3.05, 3.63) is 29.3 Å². The summed E-state index contributed by atoms with van der Waals surface area (Å²) in [7, 11) is -3.64. The van der Waals surface area contributed by atoms with Gasteiger partial charge in [-0.2, -0.15) is 17.9 Å². The quantitative estimate of drug-likeness (QED) is 0.769. The molecule has 0 saturated heterocycles. The number of carbonyl (C=O) groups is 2. The molecule has 0 fully saturated rings. The first-order valence-corrected chi connectivity index (χ1v) is 7.43. The topological polar surface area (TPSA) is 110 Å². The Labute approximate surface area is 129 Å². The zero-order chi connectivity index (χ0) is 18.0. The number of benzene rings is 1. The van der Waals surface area contributed by atoms with Gasteiger partial charge in [-0.25, -0.2) is 13.2 Å². The number of alkyl halides is 3. The summed E-state index contributed by atoms with van der Waals surface area (Å²) < 4.78 is 68.7. The number of aliphatic carboxylic acids is 1. The van der Waals surface area contributed by atoms with Gasteiger partial charge in [0.1, 0.15) is 6.04 Å². The molecule has 7 nitrogen and oxygen atoms in total. The Hall–Kier alpha value is -2.14. The number of carboxylic acids is 1. The lowest BCUT2D eigenvalue weighted by atomic mass is 10.1. The zero-order valence-electron chi connectivity index (χ0n) is 11.8. The Morgan fingerprint density at radius 3 is 2.30 bits per heavy atom. The highest BCUT2D eigenvalue weighted by atomic mass is 32.2. The summed E-state index contributed by atoms with van der Waals surface area (Å²) in [6.45, 7) is 1.01. The van der Waals surface area contributed by atoms with E-state index in [0.717, 1.165) is 20.1 Å². The van der Waals surface area contributed by atoms with Gasteiger partial charge < -0.3 is 9.84 Å². The summed E-state index contributed by atoms with van der Waals surface area (Å²) in [5, 5.41) is 8.66. The smallest absolute Gasteiger partial charge is 0.417 e. The molecule has 2 N–H and O–H groups in total. The molecule has 0 aliphatic rings. The summed E-state index contributed by atoms with van der Waals surface area (Å²) in [4.78, 5) is 21.2. The largest absolute Gasteiger partial charge is 0.480 e. The lowest BCUT2D eigenvalue weighted by Crippen LogP contribution is -2.38. The normalized spacial score (nSPS) is 13.4. The Morgan fingerprint density at radius 2 is 1.87 bits per heavy atom. The minimum Gasteiger partial charge on any atom is -0.480 e. The summed E-state index contributed by atoms with van der Waals surface area (Å²) in [5.41, 5.74) is -2.36. The van der Waals surface area contributed by atoms with Crippen molar-refractivity contribution >= 4 is 22.0 Å². The second-order valence-electron chi connectivity index (χ2n) is 4.38. The average molecular weight is 355 g/mol. The molecule has 1 rings (SSSR count). The van der Waals surface area contributed by atoms with E-state index >= 15 is 0 Å². The van der Waals surface area contributed by atoms with Gasteiger partial charge in [-0.15, -0.1) is 0 Å². The van der Waals surface area contributed by atoms with Gasteiger partial charge >= 0.3 is 18.1 Å². The molecule has 0 heterocycles. The van der Waals surface area contributed by atoms with Crippen LogP contribution in [0.4, 0.5) is 13.2 Å². The molecule has 23 heavy (non-hydrogen) atoms. The van der Waals surface area contributed by atoms with E-state index < -0.39 is 50.2 Å². The SMILES string of the molecule is COC(=O)c1ccc(S(=O)(=O)NC(C)C(=O)O)cc1C(F)(F)F. The molecule has 0 saturated carbocycles. The van der Waals surface area contributed by atoms with Crippen molar-refractivity contribution in [1.82, 2.24) is 4.72 Å². The van der Waals surface area contributed by atoms with Crippen LogP contribution >= 0.6 is 0 Å². The van der Waals surface area contributed by atoms with Crippen molar-refractivity contribution in [3.63, 3.8) is 0 Å². The van der Waals surface area contributed by atoms with Crippen LogP contribution in [0.1, 0.15) is 22.8 Å². The number of esters is 1. The molecule has 0 spiro atoms. The Balaban J connectivity index is 3.41. The van der Waals surface area contributed by atoms with Crippen LogP contribution in [0.5, 0.6) is 0 Å². The number of hydrogen-bond acceptors (Lipinski definition) is 5. The third-order valence-corrected chi connectivity index (χ3v) is 4.25. The van der Waals surface area contributed by atoms with E-state index in [-0.39, 0.29) is 6.07 Å². The van der Waals surface area contributed by atoms with Crippen LogP contribution < -0.4 is 4.72 Å². The summed E-state index contributed by atoms with van der Waals surface area (Å²) in [5.74, 6) is -2.79. The minimum atomic E-state index is -5.01. The molecule has 0 aromatic heterocycles. The lowest BCUT2D eigenvalue weighted by molar-refractivity contribution is -0.139. The number of rotatable bonds is 5. The zero-order valence-corrected chi connectivity index (χ0v) is 12.7. The molecule has 128 valence electrons. The number of nitrogens with one attached hydrogen (secondary N) is 1. The standard InChI is InChI=1S/C12H12F3NO6S/c1-6(10(17)18)16-23(20,21)7-3-4-8(11(19)22-2)9(5-7)12(13,14)15/h3-6,16H,1-2H3,(H,17,18). The molecular formula is C12H12F3NO6S. The van der Waals surface area contributed by atoms with Gasteiger partial charge in [-0.05, 0) is 25.1 Å². The minimum absolute atomic E-state index is 0.239. The van der Waals surface area contributed by atoms with Crippen LogP contribution in [0.25, 0.3) is 0 Å². The van der Waals surface area contributed by atoms with Crippen LogP contribution in [0.3, 0.4) is 0 Å². The molecular weight excluding hydrogens is 343 g/mol. The fourth-order valence-corrected chi connectivity index (χ4v) is 2.79. The molecule has 0 bridgehead atoms. The second-order valence-corrected chi connectivity index (χ2v) is 6.09. The predicted molar refractivity (Wildman–Crippen MR) is 70.2 cm³/mol. The number of sulfonamides is 1. The number of carbonyl (C=O) groups excluding carboxylic acids is 1. The molecule has 1 atom stereocenters. The molecule has 0 amide bonds. The van der Waals surface area contributed by atoms with Crippen LogP contribution in [0.15, 0.2) is 23.1 Å². The molecule has 1 unspecified atom stereocenters. The van der Waals surface area contributed by atoms with E-state index in [1.165, 1.54) is 0 Å². The fourth-order valence-electron chi connectivity index (χ4n) is 1.56. The van der Waals surface area contributed by atoms with Gasteiger partial charge in [0.15, 0.2) is 0 Å². The number of halogens is 3. The number of methoxy groups -OCH3 is 1. The van der Waals surface area contributed by atoms with Gasteiger partial charge in [0.05, 0.1) is 23.1 Å². The predicted octanol–water partition coefficient (Wildman–Crippen LogP) is 1.24. The first-order chi connectivity index (χ1) is 10.4. The molecule has 11 heteroatoms. The highest BCUT2D eigenvalue weighted by Gasteiger charge is 2.37. The van der Waals surface area contributed by atoms with Gasteiger partial charge in [-0.1, -0.05) is 0 Å². The van der Waals surface area contributed by atoms with Crippen molar-refractivity contribution in [2.75, 3.05) is 7.11 Å². The first-order valence-electron chi connectivity index (χ1n) is 5.95. The highest BCUT2D eigenvalue weighted by Crippen LogP contribution is 2.34. The second kappa shape index (κ2) is 6.54. The summed E-state index contributed by atoms with van der Waals surface area (Å²) >= 11 is 0. The Bertz CT molecular complexity index is 729. The van der Waals surface area contributed by atoms with Crippen LogP contribution in [-0.2, 0) is 25.7 Å². The maximum Gasteiger partial charge on any atom is 0.417 e. The van der Waals surface area contributed by atoms with Gasteiger partial charge in [-0.3, -0.25) is 4.79 Å². The molecule has 0 aliphatic heterocycles. The molecule has 1 aromatic carbocycles. The van der Waals surface area contributed by atoms with Crippen LogP contribution in [0.2, 0.25) is 0 Å². The van der Waals surface area contributed by atoms with Crippen molar-refractivity contribution in [2.45, 2.75) is 24.0 Å². The van der Waals surface area contributed by atoms with Gasteiger partial charge in [0, 0.05) is 0 Å². The van der Waals surface area contributed by atoms with Crippen LogP contribution in [-0.4, -0.2) is 38.6 Å². The monoisotopic (exact) mass is 355 g/mol. The Morgan fingerprint density at radius 1 is 1.30 bits per heavy atom. The first kappa shape index (κ1) is 18.9. The third-order valence-electron chi connectivity index (χ3n) is 2.71. The van der Waals surface area contributed by atoms with Gasteiger partial charge in [0.25, 0.3) is 0 Å². The molecule has 1 aromatic rings. The third kappa shape index (κ3) is 4.42. The van der Waals surface area contributed by atoms with Crippen molar-refractivity contribution in [1.29, 1.82) is 0 Å². The van der Waals surface area contributed by atoms with E-state index in [1.807, 2.05) is 0 Å². The van der Waals surface area contributed by atoms with Crippen molar-refractivity contribution in [2.24, 2.45) is 0 Å². The maximum atomic E-state index is 13.0. The lowest BCUT2D eigenvalue weighted by Gasteiger charge is -2.15. The maximum absolute atomic E-state index is 13.0. The highest BCUT2D eigenvalue weighted by molar-refractivity contribution is 7.89. The van der Waals surface area contributed by atoms with E-state index in [9.17, 15) is 31.2 Å². The Kier molecular flexibility index (Phi) is 5.38. The average Bonchev–Trinajstić information content (AvgIpc) is 2.44. The van der Waals surface area contributed by atoms with E-state index in [1.54, 1.807) is 4.72 Å². The summed E-state index contributed by atoms with van der Waals surface area (Å²) in [6, 6.07) is 0.0885. The van der Waals surface area contributed by atoms with Crippen molar-refractivity contribution in [3.8, 4) is 0 Å². The number of carboxylic acid groups (broad SMARTS) is 1. The number of hydrogen-bond donors (Lipinski definition) is 2. The van der Waals surface area contributed by atoms with E-state index in [4.69, 9.17) is 5.11 Å². The van der Waals surface area contributed by atoms with Crippen molar-refractivity contribution < 1.29 is 41.0 Å². The fraction of sp³-hybridized carbons (Fsp3) is 0.333.